The maximum absolute atomic E-state index is 11.5. The average molecular weight is 198 g/mol. The molecule has 0 unspecified atom stereocenters. The molecule has 74 valence electrons. The predicted molar refractivity (Wildman–Crippen MR) is 58.5 cm³/mol. The van der Waals surface area contributed by atoms with Crippen molar-refractivity contribution in [3.8, 4) is 0 Å². The van der Waals surface area contributed by atoms with Crippen molar-refractivity contribution < 1.29 is 9.21 Å². The molecule has 1 aromatic carbocycles. The molecule has 0 saturated carbocycles. The molecule has 0 aliphatic rings. The van der Waals surface area contributed by atoms with Gasteiger partial charge in [0.25, 0.3) is 0 Å². The third kappa shape index (κ3) is 2.44. The summed E-state index contributed by atoms with van der Waals surface area (Å²) >= 11 is 0. The van der Waals surface area contributed by atoms with Crippen LogP contribution in [0.1, 0.15) is 16.1 Å². The zero-order valence-corrected chi connectivity index (χ0v) is 8.09. The lowest BCUT2D eigenvalue weighted by Gasteiger charge is -1.90. The monoisotopic (exact) mass is 198 g/mol. The standard InChI is InChI=1S/C13H10O2/c14-12(13-7-4-10-15-13)9-8-11-5-2-1-3-6-11/h1-10H/b9-8-. The van der Waals surface area contributed by atoms with Gasteiger partial charge < -0.3 is 4.42 Å². The number of rotatable bonds is 3. The Morgan fingerprint density at radius 3 is 2.53 bits per heavy atom. The highest BCUT2D eigenvalue weighted by molar-refractivity contribution is 6.04. The summed E-state index contributed by atoms with van der Waals surface area (Å²) in [6, 6.07) is 13.0. The van der Waals surface area contributed by atoms with Crippen LogP contribution < -0.4 is 0 Å². The summed E-state index contributed by atoms with van der Waals surface area (Å²) in [5.74, 6) is 0.242. The summed E-state index contributed by atoms with van der Waals surface area (Å²) in [5, 5.41) is 0. The van der Waals surface area contributed by atoms with Gasteiger partial charge in [0, 0.05) is 0 Å². The van der Waals surface area contributed by atoms with Gasteiger partial charge in [-0.2, -0.15) is 0 Å². The first-order valence-corrected chi connectivity index (χ1v) is 4.67. The van der Waals surface area contributed by atoms with Gasteiger partial charge in [-0.15, -0.1) is 0 Å². The first kappa shape index (κ1) is 9.46. The van der Waals surface area contributed by atoms with E-state index in [1.807, 2.05) is 30.3 Å². The van der Waals surface area contributed by atoms with Crippen molar-refractivity contribution in [1.82, 2.24) is 0 Å². The van der Waals surface area contributed by atoms with Crippen molar-refractivity contribution >= 4 is 11.9 Å². The minimum Gasteiger partial charge on any atom is -0.461 e. The van der Waals surface area contributed by atoms with Gasteiger partial charge in [-0.1, -0.05) is 36.4 Å². The van der Waals surface area contributed by atoms with E-state index in [2.05, 4.69) is 0 Å². The van der Waals surface area contributed by atoms with Crippen LogP contribution in [0.4, 0.5) is 0 Å². The number of allylic oxidation sites excluding steroid dienone is 1. The molecule has 2 nitrogen and oxygen atoms in total. The summed E-state index contributed by atoms with van der Waals surface area (Å²) in [6.07, 6.45) is 4.77. The van der Waals surface area contributed by atoms with Crippen molar-refractivity contribution in [2.45, 2.75) is 0 Å². The van der Waals surface area contributed by atoms with E-state index in [-0.39, 0.29) is 5.78 Å². The number of carbonyl (C=O) groups excluding carboxylic acids is 1. The number of carbonyl (C=O) groups is 1. The molecule has 0 aliphatic carbocycles. The molecule has 0 saturated heterocycles. The van der Waals surface area contributed by atoms with E-state index < -0.39 is 0 Å². The number of benzene rings is 1. The molecule has 1 heterocycles. The predicted octanol–water partition coefficient (Wildman–Crippen LogP) is 3.18. The van der Waals surface area contributed by atoms with Crippen LogP contribution in [0.25, 0.3) is 6.08 Å². The molecular weight excluding hydrogens is 188 g/mol. The van der Waals surface area contributed by atoms with E-state index in [0.717, 1.165) is 5.56 Å². The number of hydrogen-bond acceptors (Lipinski definition) is 2. The van der Waals surface area contributed by atoms with Crippen LogP contribution >= 0.6 is 0 Å². The highest BCUT2D eigenvalue weighted by Crippen LogP contribution is 2.05. The summed E-state index contributed by atoms with van der Waals surface area (Å²) in [7, 11) is 0. The smallest absolute Gasteiger partial charge is 0.221 e. The highest BCUT2D eigenvalue weighted by Gasteiger charge is 2.02. The quantitative estimate of drug-likeness (QED) is 0.560. The van der Waals surface area contributed by atoms with Crippen LogP contribution in [0.5, 0.6) is 0 Å². The topological polar surface area (TPSA) is 30.2 Å². The Morgan fingerprint density at radius 1 is 1.07 bits per heavy atom. The Bertz CT molecular complexity index is 453. The molecule has 2 rings (SSSR count). The van der Waals surface area contributed by atoms with E-state index in [0.29, 0.717) is 5.76 Å². The number of hydrogen-bond donors (Lipinski definition) is 0. The Kier molecular flexibility index (Phi) is 2.79. The van der Waals surface area contributed by atoms with Crippen molar-refractivity contribution in [3.05, 3.63) is 66.1 Å². The fourth-order valence-electron chi connectivity index (χ4n) is 1.24. The maximum Gasteiger partial charge on any atom is 0.221 e. The van der Waals surface area contributed by atoms with Gasteiger partial charge in [0.2, 0.25) is 5.78 Å². The van der Waals surface area contributed by atoms with Crippen LogP contribution in [-0.4, -0.2) is 5.78 Å². The SMILES string of the molecule is O=C(/C=C\c1ccccc1)c1ccco1. The van der Waals surface area contributed by atoms with Crippen molar-refractivity contribution in [3.63, 3.8) is 0 Å². The van der Waals surface area contributed by atoms with Crippen molar-refractivity contribution in [2.75, 3.05) is 0 Å². The molecule has 0 amide bonds. The second-order valence-corrected chi connectivity index (χ2v) is 3.09. The summed E-state index contributed by atoms with van der Waals surface area (Å²) in [6.45, 7) is 0. The molecule has 2 heteroatoms. The molecule has 0 atom stereocenters. The Labute approximate surface area is 87.8 Å². The zero-order chi connectivity index (χ0) is 10.5. The largest absolute Gasteiger partial charge is 0.461 e. The Hall–Kier alpha value is -2.09. The average Bonchev–Trinajstić information content (AvgIpc) is 2.81. The summed E-state index contributed by atoms with van der Waals surface area (Å²) in [4.78, 5) is 11.5. The normalized spacial score (nSPS) is 10.7. The minimum absolute atomic E-state index is 0.121. The van der Waals surface area contributed by atoms with Crippen LogP contribution in [0.2, 0.25) is 0 Å². The summed E-state index contributed by atoms with van der Waals surface area (Å²) < 4.78 is 4.98. The first-order valence-electron chi connectivity index (χ1n) is 4.67. The molecule has 2 aromatic rings. The second kappa shape index (κ2) is 4.42. The van der Waals surface area contributed by atoms with E-state index >= 15 is 0 Å². The third-order valence-corrected chi connectivity index (χ3v) is 1.99. The lowest BCUT2D eigenvalue weighted by atomic mass is 10.2. The number of ketones is 1. The van der Waals surface area contributed by atoms with Gasteiger partial charge in [-0.25, -0.2) is 0 Å². The first-order chi connectivity index (χ1) is 7.36. The van der Waals surface area contributed by atoms with Crippen molar-refractivity contribution in [2.24, 2.45) is 0 Å². The van der Waals surface area contributed by atoms with Crippen molar-refractivity contribution in [1.29, 1.82) is 0 Å². The maximum atomic E-state index is 11.5. The van der Waals surface area contributed by atoms with Crippen LogP contribution in [-0.2, 0) is 0 Å². The van der Waals surface area contributed by atoms with Gasteiger partial charge >= 0.3 is 0 Å². The molecule has 15 heavy (non-hydrogen) atoms. The third-order valence-electron chi connectivity index (χ3n) is 1.99. The van der Waals surface area contributed by atoms with Crippen LogP contribution in [0, 0.1) is 0 Å². The highest BCUT2D eigenvalue weighted by atomic mass is 16.3. The molecule has 0 fully saturated rings. The van der Waals surface area contributed by atoms with Crippen LogP contribution in [0.3, 0.4) is 0 Å². The van der Waals surface area contributed by atoms with Gasteiger partial charge in [0.15, 0.2) is 5.76 Å². The molecule has 0 N–H and O–H groups in total. The van der Waals surface area contributed by atoms with Gasteiger partial charge in [0.05, 0.1) is 6.26 Å². The lowest BCUT2D eigenvalue weighted by Crippen LogP contribution is -1.89. The van der Waals surface area contributed by atoms with Gasteiger partial charge in [0.1, 0.15) is 0 Å². The van der Waals surface area contributed by atoms with Gasteiger partial charge in [-0.3, -0.25) is 4.79 Å². The lowest BCUT2D eigenvalue weighted by molar-refractivity contribution is 0.102. The minimum atomic E-state index is -0.121. The second-order valence-electron chi connectivity index (χ2n) is 3.09. The molecule has 1 aromatic heterocycles. The Balaban J connectivity index is 2.10. The zero-order valence-electron chi connectivity index (χ0n) is 8.09. The fraction of sp³-hybridized carbons (Fsp3) is 0. The molecule has 0 aliphatic heterocycles. The van der Waals surface area contributed by atoms with E-state index in [1.54, 1.807) is 18.2 Å². The van der Waals surface area contributed by atoms with E-state index in [4.69, 9.17) is 4.42 Å². The molecule has 0 bridgehead atoms. The molecule has 0 radical (unpaired) electrons. The fourth-order valence-corrected chi connectivity index (χ4v) is 1.24. The molecular formula is C13H10O2. The van der Waals surface area contributed by atoms with Gasteiger partial charge in [-0.05, 0) is 23.8 Å². The van der Waals surface area contributed by atoms with E-state index in [1.165, 1.54) is 12.3 Å². The summed E-state index contributed by atoms with van der Waals surface area (Å²) in [5.41, 5.74) is 0.998. The number of furan rings is 1. The van der Waals surface area contributed by atoms with Crippen LogP contribution in [0.15, 0.2) is 59.2 Å². The van der Waals surface area contributed by atoms with E-state index in [9.17, 15) is 4.79 Å². The Morgan fingerprint density at radius 2 is 1.87 bits per heavy atom. The molecule has 0 spiro atoms.